The summed E-state index contributed by atoms with van der Waals surface area (Å²) in [5.41, 5.74) is 0. The molecule has 0 heterocycles. The molecule has 0 saturated heterocycles. The third-order valence-electron chi connectivity index (χ3n) is 1.94. The summed E-state index contributed by atoms with van der Waals surface area (Å²) in [5.74, 6) is 5.76. The fourth-order valence-electron chi connectivity index (χ4n) is 0.769. The normalized spacial score (nSPS) is 9.43. The van der Waals surface area contributed by atoms with Crippen LogP contribution in [0.5, 0.6) is 0 Å². The number of rotatable bonds is 4. The average molecular weight is 198 g/mol. The maximum absolute atomic E-state index is 10.6. The van der Waals surface area contributed by atoms with Crippen molar-refractivity contribution in [1.29, 1.82) is 0 Å². The van der Waals surface area contributed by atoms with Crippen LogP contribution in [0.15, 0.2) is 0 Å². The predicted octanol–water partition coefficient (Wildman–Crippen LogP) is 0.941. The molecule has 0 aromatic heterocycles. The summed E-state index contributed by atoms with van der Waals surface area (Å²) in [6, 6.07) is 0. The van der Waals surface area contributed by atoms with Gasteiger partial charge in [-0.1, -0.05) is 18.8 Å². The molecule has 4 heteroatoms. The van der Waals surface area contributed by atoms with Gasteiger partial charge in [-0.2, -0.15) is 0 Å². The molecule has 0 rings (SSSR count). The van der Waals surface area contributed by atoms with Crippen LogP contribution in [0.3, 0.4) is 0 Å². The van der Waals surface area contributed by atoms with E-state index in [0.29, 0.717) is 19.6 Å². The third kappa shape index (κ3) is 5.44. The first-order chi connectivity index (χ1) is 6.61. The molecule has 80 valence electrons. The predicted molar refractivity (Wildman–Crippen MR) is 56.2 cm³/mol. The van der Waals surface area contributed by atoms with Crippen molar-refractivity contribution in [3.8, 4) is 11.8 Å². The van der Waals surface area contributed by atoms with E-state index in [-0.39, 0.29) is 0 Å². The van der Waals surface area contributed by atoms with Crippen molar-refractivity contribution >= 4 is 6.09 Å². The summed E-state index contributed by atoms with van der Waals surface area (Å²) >= 11 is 0. The maximum Gasteiger partial charge on any atom is 0.408 e. The fourth-order valence-corrected chi connectivity index (χ4v) is 0.769. The number of hydrogen-bond acceptors (Lipinski definition) is 2. The summed E-state index contributed by atoms with van der Waals surface area (Å²) < 4.78 is 0. The molecule has 0 radical (unpaired) electrons. The first-order valence-electron chi connectivity index (χ1n) is 4.73. The van der Waals surface area contributed by atoms with E-state index in [4.69, 9.17) is 5.11 Å². The number of nitrogens with zero attached hydrogens (tertiary/aromatic N) is 2. The molecule has 0 aromatic rings. The first kappa shape index (κ1) is 12.8. The Morgan fingerprint density at radius 2 is 1.79 bits per heavy atom. The molecule has 0 saturated carbocycles. The summed E-state index contributed by atoms with van der Waals surface area (Å²) in [7, 11) is 1.98. The van der Waals surface area contributed by atoms with Gasteiger partial charge in [0.15, 0.2) is 0 Å². The van der Waals surface area contributed by atoms with Crippen molar-refractivity contribution in [2.45, 2.75) is 13.8 Å². The zero-order valence-electron chi connectivity index (χ0n) is 9.08. The highest BCUT2D eigenvalue weighted by molar-refractivity contribution is 5.65. The van der Waals surface area contributed by atoms with Crippen LogP contribution in [-0.2, 0) is 0 Å². The van der Waals surface area contributed by atoms with E-state index in [1.807, 2.05) is 7.05 Å². The standard InChI is InChI=1S/C10H18N2O2/c1-4-11(3)8-6-7-9-12(5-2)10(13)14/h4-5,8-9H2,1-3H3,(H,13,14). The van der Waals surface area contributed by atoms with Crippen LogP contribution in [0.4, 0.5) is 4.79 Å². The molecule has 0 spiro atoms. The molecule has 1 N–H and O–H groups in total. The Bertz CT molecular complexity index is 230. The van der Waals surface area contributed by atoms with Gasteiger partial charge in [0.1, 0.15) is 0 Å². The van der Waals surface area contributed by atoms with Gasteiger partial charge in [-0.3, -0.25) is 9.80 Å². The Morgan fingerprint density at radius 1 is 1.21 bits per heavy atom. The second kappa shape index (κ2) is 7.22. The van der Waals surface area contributed by atoms with Crippen molar-refractivity contribution in [3.05, 3.63) is 0 Å². The third-order valence-corrected chi connectivity index (χ3v) is 1.94. The lowest BCUT2D eigenvalue weighted by molar-refractivity contribution is 0.153. The smallest absolute Gasteiger partial charge is 0.408 e. The second-order valence-electron chi connectivity index (χ2n) is 2.98. The van der Waals surface area contributed by atoms with Gasteiger partial charge >= 0.3 is 6.09 Å². The van der Waals surface area contributed by atoms with Gasteiger partial charge in [-0.25, -0.2) is 4.79 Å². The van der Waals surface area contributed by atoms with Crippen LogP contribution in [0.1, 0.15) is 13.8 Å². The minimum Gasteiger partial charge on any atom is -0.465 e. The zero-order valence-corrected chi connectivity index (χ0v) is 9.08. The summed E-state index contributed by atoms with van der Waals surface area (Å²) in [6.45, 7) is 6.26. The highest BCUT2D eigenvalue weighted by Gasteiger charge is 2.05. The van der Waals surface area contributed by atoms with E-state index < -0.39 is 6.09 Å². The number of amides is 1. The molecule has 4 nitrogen and oxygen atoms in total. The Hall–Kier alpha value is -1.21. The highest BCUT2D eigenvalue weighted by Crippen LogP contribution is 1.86. The van der Waals surface area contributed by atoms with Crippen LogP contribution in [0.2, 0.25) is 0 Å². The van der Waals surface area contributed by atoms with Crippen molar-refractivity contribution in [2.75, 3.05) is 33.2 Å². The summed E-state index contributed by atoms with van der Waals surface area (Å²) in [6.07, 6.45) is -0.911. The van der Waals surface area contributed by atoms with Gasteiger partial charge in [0.05, 0.1) is 13.1 Å². The molecule has 0 aliphatic carbocycles. The summed E-state index contributed by atoms with van der Waals surface area (Å²) in [5, 5.41) is 8.68. The van der Waals surface area contributed by atoms with Crippen LogP contribution in [-0.4, -0.2) is 54.2 Å². The van der Waals surface area contributed by atoms with Crippen molar-refractivity contribution in [2.24, 2.45) is 0 Å². The molecular weight excluding hydrogens is 180 g/mol. The number of carboxylic acid groups (broad SMARTS) is 1. The van der Waals surface area contributed by atoms with Gasteiger partial charge in [-0.15, -0.1) is 0 Å². The molecule has 0 aliphatic rings. The van der Waals surface area contributed by atoms with Gasteiger partial charge < -0.3 is 5.11 Å². The lowest BCUT2D eigenvalue weighted by atomic mass is 10.4. The average Bonchev–Trinajstić information content (AvgIpc) is 2.16. The molecular formula is C10H18N2O2. The quantitative estimate of drug-likeness (QED) is 0.684. The Kier molecular flexibility index (Phi) is 6.59. The van der Waals surface area contributed by atoms with Crippen LogP contribution >= 0.6 is 0 Å². The van der Waals surface area contributed by atoms with Gasteiger partial charge in [0, 0.05) is 6.54 Å². The lowest BCUT2D eigenvalue weighted by Gasteiger charge is -2.12. The van der Waals surface area contributed by atoms with Crippen molar-refractivity contribution in [3.63, 3.8) is 0 Å². The zero-order chi connectivity index (χ0) is 11.0. The van der Waals surface area contributed by atoms with E-state index >= 15 is 0 Å². The largest absolute Gasteiger partial charge is 0.465 e. The Balaban J connectivity index is 3.83. The molecule has 0 fully saturated rings. The van der Waals surface area contributed by atoms with Crippen LogP contribution < -0.4 is 0 Å². The highest BCUT2D eigenvalue weighted by atomic mass is 16.4. The van der Waals surface area contributed by atoms with Crippen molar-refractivity contribution in [1.82, 2.24) is 9.80 Å². The van der Waals surface area contributed by atoms with E-state index in [0.717, 1.165) is 6.54 Å². The molecule has 1 amide bonds. The van der Waals surface area contributed by atoms with Gasteiger partial charge in [-0.05, 0) is 20.5 Å². The molecule has 0 bridgehead atoms. The SMILES string of the molecule is CCN(C)CC#CCN(CC)C(=O)O. The van der Waals surface area contributed by atoms with Crippen molar-refractivity contribution < 1.29 is 9.90 Å². The van der Waals surface area contributed by atoms with E-state index in [1.165, 1.54) is 4.90 Å². The van der Waals surface area contributed by atoms with E-state index in [9.17, 15) is 4.79 Å². The molecule has 14 heavy (non-hydrogen) atoms. The topological polar surface area (TPSA) is 43.8 Å². The van der Waals surface area contributed by atoms with Gasteiger partial charge in [0.2, 0.25) is 0 Å². The maximum atomic E-state index is 10.6. The monoisotopic (exact) mass is 198 g/mol. The minimum absolute atomic E-state index is 0.295. The second-order valence-corrected chi connectivity index (χ2v) is 2.98. The Morgan fingerprint density at radius 3 is 2.21 bits per heavy atom. The first-order valence-corrected chi connectivity index (χ1v) is 4.73. The van der Waals surface area contributed by atoms with Crippen LogP contribution in [0.25, 0.3) is 0 Å². The molecule has 0 aliphatic heterocycles. The Labute approximate surface area is 85.5 Å². The number of carbonyl (C=O) groups is 1. The fraction of sp³-hybridized carbons (Fsp3) is 0.700. The molecule has 0 unspecified atom stereocenters. The minimum atomic E-state index is -0.911. The summed E-state index contributed by atoms with van der Waals surface area (Å²) in [4.78, 5) is 13.9. The van der Waals surface area contributed by atoms with E-state index in [1.54, 1.807) is 6.92 Å². The van der Waals surface area contributed by atoms with Gasteiger partial charge in [0.25, 0.3) is 0 Å². The van der Waals surface area contributed by atoms with Crippen LogP contribution in [0, 0.1) is 11.8 Å². The lowest BCUT2D eigenvalue weighted by Crippen LogP contribution is -2.29. The van der Waals surface area contributed by atoms with E-state index in [2.05, 4.69) is 23.7 Å². The molecule has 0 atom stereocenters. The molecule has 0 aromatic carbocycles. The number of hydrogen-bond donors (Lipinski definition) is 1.